The smallest absolute Gasteiger partial charge is 0.210 e. The summed E-state index contributed by atoms with van der Waals surface area (Å²) in [4.78, 5) is 0.414. The normalized spacial score (nSPS) is 17.5. The molecule has 0 N–H and O–H groups in total. The maximum Gasteiger partial charge on any atom is 0.210 e. The molecule has 1 unspecified atom stereocenters. The van der Waals surface area contributed by atoms with E-state index < -0.39 is 9.84 Å². The number of sulfone groups is 1. The zero-order chi connectivity index (χ0) is 14.9. The van der Waals surface area contributed by atoms with E-state index in [-0.39, 0.29) is 15.9 Å². The largest absolute Gasteiger partial charge is 0.489 e. The fourth-order valence-corrected chi connectivity index (χ4v) is 3.63. The molecule has 2 aromatic carbocycles. The highest BCUT2D eigenvalue weighted by Crippen LogP contribution is 2.32. The average molecular weight is 369 g/mol. The molecule has 1 saturated heterocycles. The highest BCUT2D eigenvalue weighted by molar-refractivity contribution is 9.10. The van der Waals surface area contributed by atoms with Gasteiger partial charge in [-0.05, 0) is 30.3 Å². The topological polar surface area (TPSA) is 55.9 Å². The second-order valence-electron chi connectivity index (χ2n) is 4.67. The van der Waals surface area contributed by atoms with Gasteiger partial charge >= 0.3 is 0 Å². The lowest BCUT2D eigenvalue weighted by Crippen LogP contribution is -2.09. The molecule has 0 radical (unpaired) electrons. The highest BCUT2D eigenvalue weighted by atomic mass is 79.9. The number of benzene rings is 2. The van der Waals surface area contributed by atoms with Gasteiger partial charge in [0.25, 0.3) is 0 Å². The van der Waals surface area contributed by atoms with Gasteiger partial charge in [0.1, 0.15) is 23.4 Å². The fraction of sp³-hybridized carbons (Fsp3) is 0.200. The minimum Gasteiger partial charge on any atom is -0.489 e. The second-order valence-corrected chi connectivity index (χ2v) is 7.51. The van der Waals surface area contributed by atoms with E-state index in [0.29, 0.717) is 19.0 Å². The molecule has 1 aliphatic heterocycles. The Kier molecular flexibility index (Phi) is 4.01. The van der Waals surface area contributed by atoms with Gasteiger partial charge in [0.2, 0.25) is 9.84 Å². The van der Waals surface area contributed by atoms with Crippen molar-refractivity contribution in [2.24, 2.45) is 0 Å². The van der Waals surface area contributed by atoms with Crippen LogP contribution in [0.1, 0.15) is 0 Å². The predicted molar refractivity (Wildman–Crippen MR) is 81.3 cm³/mol. The molecule has 0 aliphatic carbocycles. The zero-order valence-electron chi connectivity index (χ0n) is 11.0. The van der Waals surface area contributed by atoms with Crippen molar-refractivity contribution in [1.82, 2.24) is 0 Å². The van der Waals surface area contributed by atoms with Crippen molar-refractivity contribution in [2.45, 2.75) is 15.9 Å². The minimum atomic E-state index is -3.60. The van der Waals surface area contributed by atoms with Crippen LogP contribution in [-0.2, 0) is 14.6 Å². The molecular formula is C15H13BrO4S. The number of hydrogen-bond donors (Lipinski definition) is 0. The number of epoxide rings is 1. The Morgan fingerprint density at radius 2 is 1.90 bits per heavy atom. The van der Waals surface area contributed by atoms with Crippen molar-refractivity contribution in [3.05, 3.63) is 53.0 Å². The monoisotopic (exact) mass is 368 g/mol. The van der Waals surface area contributed by atoms with Crippen molar-refractivity contribution in [2.75, 3.05) is 13.2 Å². The molecular weight excluding hydrogens is 356 g/mol. The van der Waals surface area contributed by atoms with Crippen LogP contribution in [0.15, 0.2) is 62.8 Å². The minimum absolute atomic E-state index is 0.0660. The highest BCUT2D eigenvalue weighted by Gasteiger charge is 2.26. The Morgan fingerprint density at radius 3 is 2.57 bits per heavy atom. The number of rotatable bonds is 5. The quantitative estimate of drug-likeness (QED) is 0.761. The molecule has 1 fully saturated rings. The molecule has 3 rings (SSSR count). The molecule has 4 nitrogen and oxygen atoms in total. The van der Waals surface area contributed by atoms with Gasteiger partial charge in [-0.15, -0.1) is 0 Å². The van der Waals surface area contributed by atoms with Crippen LogP contribution in [0.25, 0.3) is 0 Å². The molecule has 2 aromatic rings. The maximum atomic E-state index is 12.7. The molecule has 6 heteroatoms. The third-order valence-corrected chi connectivity index (χ3v) is 5.38. The lowest BCUT2D eigenvalue weighted by Gasteiger charge is -2.12. The van der Waals surface area contributed by atoms with Crippen molar-refractivity contribution < 1.29 is 17.9 Å². The van der Waals surface area contributed by atoms with Crippen LogP contribution in [0, 0.1) is 0 Å². The van der Waals surface area contributed by atoms with Gasteiger partial charge in [0.15, 0.2) is 0 Å². The van der Waals surface area contributed by atoms with Gasteiger partial charge in [-0.1, -0.05) is 34.1 Å². The Bertz CT molecular complexity index is 740. The third kappa shape index (κ3) is 3.28. The Labute approximate surface area is 131 Å². The zero-order valence-corrected chi connectivity index (χ0v) is 13.4. The summed E-state index contributed by atoms with van der Waals surface area (Å²) in [5.41, 5.74) is 0. The van der Waals surface area contributed by atoms with E-state index in [0.717, 1.165) is 4.47 Å². The summed E-state index contributed by atoms with van der Waals surface area (Å²) in [6.07, 6.45) is 0.0660. The molecule has 0 aromatic heterocycles. The van der Waals surface area contributed by atoms with Crippen LogP contribution in [0.5, 0.6) is 5.75 Å². The first-order valence-electron chi connectivity index (χ1n) is 6.41. The molecule has 1 heterocycles. The lowest BCUT2D eigenvalue weighted by atomic mass is 10.3. The Morgan fingerprint density at radius 1 is 1.19 bits per heavy atom. The predicted octanol–water partition coefficient (Wildman–Crippen LogP) is 3.06. The van der Waals surface area contributed by atoms with E-state index in [1.807, 2.05) is 0 Å². The number of halogens is 1. The summed E-state index contributed by atoms with van der Waals surface area (Å²) in [5.74, 6) is 0.337. The van der Waals surface area contributed by atoms with E-state index in [9.17, 15) is 8.42 Å². The molecule has 1 atom stereocenters. The summed E-state index contributed by atoms with van der Waals surface area (Å²) in [6, 6.07) is 13.2. The summed E-state index contributed by atoms with van der Waals surface area (Å²) in [7, 11) is -3.60. The molecule has 21 heavy (non-hydrogen) atoms. The lowest BCUT2D eigenvalue weighted by molar-refractivity contribution is 0.258. The van der Waals surface area contributed by atoms with E-state index in [1.54, 1.807) is 48.5 Å². The van der Waals surface area contributed by atoms with E-state index >= 15 is 0 Å². The second kappa shape index (κ2) is 5.79. The fourth-order valence-electron chi connectivity index (χ4n) is 1.89. The van der Waals surface area contributed by atoms with Gasteiger partial charge in [0.05, 0.1) is 11.5 Å². The van der Waals surface area contributed by atoms with Crippen LogP contribution in [0.2, 0.25) is 0 Å². The maximum absolute atomic E-state index is 12.7. The van der Waals surface area contributed by atoms with Crippen LogP contribution < -0.4 is 4.74 Å². The molecule has 0 spiro atoms. The Balaban J connectivity index is 2.00. The Hall–Kier alpha value is -1.37. The average Bonchev–Trinajstić information content (AvgIpc) is 3.30. The van der Waals surface area contributed by atoms with Gasteiger partial charge in [-0.2, -0.15) is 0 Å². The van der Waals surface area contributed by atoms with Gasteiger partial charge < -0.3 is 9.47 Å². The van der Waals surface area contributed by atoms with Crippen LogP contribution in [0.4, 0.5) is 0 Å². The molecule has 110 valence electrons. The van der Waals surface area contributed by atoms with E-state index in [2.05, 4.69) is 15.9 Å². The van der Waals surface area contributed by atoms with Crippen molar-refractivity contribution in [1.29, 1.82) is 0 Å². The standard InChI is InChI=1S/C15H13BrO4S/c16-11-6-7-15(14(8-11)20-10-12-9-19-12)21(17,18)13-4-2-1-3-5-13/h1-8,12H,9-10H2. The summed E-state index contributed by atoms with van der Waals surface area (Å²) < 4.78 is 36.9. The first kappa shape index (κ1) is 14.6. The molecule has 0 amide bonds. The number of hydrogen-bond acceptors (Lipinski definition) is 4. The van der Waals surface area contributed by atoms with Gasteiger partial charge in [-0.3, -0.25) is 0 Å². The van der Waals surface area contributed by atoms with E-state index in [1.165, 1.54) is 0 Å². The summed E-state index contributed by atoms with van der Waals surface area (Å²) in [5, 5.41) is 0. The van der Waals surface area contributed by atoms with Crippen molar-refractivity contribution in [3.63, 3.8) is 0 Å². The molecule has 0 saturated carbocycles. The molecule has 1 aliphatic rings. The first-order chi connectivity index (χ1) is 10.1. The SMILES string of the molecule is O=S(=O)(c1ccccc1)c1ccc(Br)cc1OCC1CO1. The van der Waals surface area contributed by atoms with Crippen molar-refractivity contribution >= 4 is 25.8 Å². The third-order valence-electron chi connectivity index (χ3n) is 3.08. The summed E-state index contributed by atoms with van der Waals surface area (Å²) >= 11 is 3.34. The van der Waals surface area contributed by atoms with E-state index in [4.69, 9.17) is 9.47 Å². The summed E-state index contributed by atoms with van der Waals surface area (Å²) in [6.45, 7) is 1.02. The number of ether oxygens (including phenoxy) is 2. The van der Waals surface area contributed by atoms with Crippen LogP contribution in [-0.4, -0.2) is 27.7 Å². The molecule has 0 bridgehead atoms. The van der Waals surface area contributed by atoms with Crippen molar-refractivity contribution in [3.8, 4) is 5.75 Å². The van der Waals surface area contributed by atoms with Gasteiger partial charge in [0, 0.05) is 4.47 Å². The first-order valence-corrected chi connectivity index (χ1v) is 8.69. The van der Waals surface area contributed by atoms with Crippen LogP contribution in [0.3, 0.4) is 0 Å². The van der Waals surface area contributed by atoms with Gasteiger partial charge in [-0.25, -0.2) is 8.42 Å². The van der Waals surface area contributed by atoms with Crippen LogP contribution >= 0.6 is 15.9 Å².